The van der Waals surface area contributed by atoms with E-state index in [9.17, 15) is 0 Å². The van der Waals surface area contributed by atoms with Crippen molar-refractivity contribution in [1.29, 1.82) is 0 Å². The molecule has 0 amide bonds. The molecule has 0 aliphatic carbocycles. The molecule has 7 nitrogen and oxygen atoms in total. The lowest BCUT2D eigenvalue weighted by molar-refractivity contribution is 0.495. The molecule has 0 aromatic carbocycles. The molecular weight excluding hydrogens is 386 g/mol. The number of hydrogen-bond acceptors (Lipinski definition) is 7. The highest BCUT2D eigenvalue weighted by Crippen LogP contribution is 2.35. The molecule has 1 unspecified atom stereocenters. The van der Waals surface area contributed by atoms with Crippen molar-refractivity contribution in [1.82, 2.24) is 24.9 Å². The van der Waals surface area contributed by atoms with Gasteiger partial charge in [0.2, 0.25) is 11.9 Å². The van der Waals surface area contributed by atoms with Gasteiger partial charge < -0.3 is 9.80 Å². The Morgan fingerprint density at radius 2 is 1.65 bits per heavy atom. The van der Waals surface area contributed by atoms with Gasteiger partial charge in [-0.05, 0) is 51.7 Å². The molecular formula is C24H29N7. The lowest BCUT2D eigenvalue weighted by Gasteiger charge is -2.33. The van der Waals surface area contributed by atoms with Gasteiger partial charge in [-0.3, -0.25) is 4.98 Å². The zero-order chi connectivity index (χ0) is 21.2. The van der Waals surface area contributed by atoms with Crippen LogP contribution in [0.3, 0.4) is 0 Å². The topological polar surface area (TPSA) is 70.9 Å². The molecule has 7 heteroatoms. The van der Waals surface area contributed by atoms with E-state index in [1.807, 2.05) is 44.6 Å². The minimum Gasteiger partial charge on any atom is -0.341 e. The summed E-state index contributed by atoms with van der Waals surface area (Å²) in [6.45, 7) is 8.00. The smallest absolute Gasteiger partial charge is 0.225 e. The second-order valence-electron chi connectivity index (χ2n) is 8.64. The predicted molar refractivity (Wildman–Crippen MR) is 122 cm³/mol. The minimum absolute atomic E-state index is 0.303. The van der Waals surface area contributed by atoms with Crippen molar-refractivity contribution in [2.24, 2.45) is 0 Å². The van der Waals surface area contributed by atoms with Crippen LogP contribution >= 0.6 is 0 Å². The fourth-order valence-electron chi connectivity index (χ4n) is 4.74. The molecule has 0 spiro atoms. The van der Waals surface area contributed by atoms with Gasteiger partial charge in [-0.15, -0.1) is 0 Å². The quantitative estimate of drug-likeness (QED) is 0.639. The molecule has 3 aromatic rings. The largest absolute Gasteiger partial charge is 0.341 e. The van der Waals surface area contributed by atoms with Gasteiger partial charge in [0.15, 0.2) is 0 Å². The van der Waals surface area contributed by atoms with Crippen LogP contribution in [-0.4, -0.2) is 51.1 Å². The third-order valence-electron chi connectivity index (χ3n) is 6.23. The Morgan fingerprint density at radius 3 is 2.39 bits per heavy atom. The summed E-state index contributed by atoms with van der Waals surface area (Å²) in [7, 11) is 0. The van der Waals surface area contributed by atoms with Crippen LogP contribution in [0.4, 0.5) is 11.9 Å². The summed E-state index contributed by atoms with van der Waals surface area (Å²) in [4.78, 5) is 28.3. The van der Waals surface area contributed by atoms with Crippen LogP contribution in [0, 0.1) is 13.8 Å². The molecule has 0 saturated carbocycles. The molecule has 5 rings (SSSR count). The molecule has 160 valence electrons. The van der Waals surface area contributed by atoms with E-state index in [-0.39, 0.29) is 0 Å². The van der Waals surface area contributed by atoms with Crippen molar-refractivity contribution in [2.75, 3.05) is 36.0 Å². The highest BCUT2D eigenvalue weighted by molar-refractivity contribution is 5.66. The number of nitrogens with zero attached hydrogens (tertiary/aromatic N) is 7. The van der Waals surface area contributed by atoms with E-state index < -0.39 is 0 Å². The van der Waals surface area contributed by atoms with E-state index in [1.54, 1.807) is 0 Å². The van der Waals surface area contributed by atoms with Crippen molar-refractivity contribution >= 4 is 11.9 Å². The van der Waals surface area contributed by atoms with Crippen LogP contribution in [0.2, 0.25) is 0 Å². The standard InChI is InChI=1S/C24H29N7/c1-17-13-18(2)28-24(27-17)31-12-6-8-20(16-31)22-21(19-7-5-9-25-14-19)15-26-23(29-22)30-10-3-4-11-30/h5,7,9,13-15,20H,3-4,6,8,10-12,16H2,1-2H3. The highest BCUT2D eigenvalue weighted by Gasteiger charge is 2.28. The first-order chi connectivity index (χ1) is 15.2. The summed E-state index contributed by atoms with van der Waals surface area (Å²) in [5.74, 6) is 2.00. The number of anilines is 2. The molecule has 0 N–H and O–H groups in total. The van der Waals surface area contributed by atoms with Crippen LogP contribution in [0.25, 0.3) is 11.1 Å². The Labute approximate surface area is 183 Å². The molecule has 5 heterocycles. The fourth-order valence-corrected chi connectivity index (χ4v) is 4.74. The predicted octanol–water partition coefficient (Wildman–Crippen LogP) is 3.93. The van der Waals surface area contributed by atoms with Gasteiger partial charge in [0.1, 0.15) is 0 Å². The van der Waals surface area contributed by atoms with Crippen molar-refractivity contribution < 1.29 is 0 Å². The first-order valence-corrected chi connectivity index (χ1v) is 11.3. The van der Waals surface area contributed by atoms with Gasteiger partial charge in [-0.2, -0.15) is 0 Å². The van der Waals surface area contributed by atoms with Gasteiger partial charge in [0.05, 0.1) is 5.69 Å². The second kappa shape index (κ2) is 8.57. The van der Waals surface area contributed by atoms with E-state index in [2.05, 4.69) is 20.9 Å². The lowest BCUT2D eigenvalue weighted by atomic mass is 9.90. The minimum atomic E-state index is 0.303. The Kier molecular flexibility index (Phi) is 5.49. The third kappa shape index (κ3) is 4.22. The first-order valence-electron chi connectivity index (χ1n) is 11.3. The SMILES string of the molecule is Cc1cc(C)nc(N2CCCC(c3nc(N4CCCC4)ncc3-c3cccnc3)C2)n1. The summed E-state index contributed by atoms with van der Waals surface area (Å²) >= 11 is 0. The Morgan fingerprint density at radius 1 is 0.871 bits per heavy atom. The summed E-state index contributed by atoms with van der Waals surface area (Å²) in [5.41, 5.74) is 5.31. The molecule has 2 saturated heterocycles. The van der Waals surface area contributed by atoms with Gasteiger partial charge in [0, 0.05) is 73.2 Å². The van der Waals surface area contributed by atoms with E-state index in [4.69, 9.17) is 19.9 Å². The summed E-state index contributed by atoms with van der Waals surface area (Å²) < 4.78 is 0. The third-order valence-corrected chi connectivity index (χ3v) is 6.23. The van der Waals surface area contributed by atoms with Crippen LogP contribution in [-0.2, 0) is 0 Å². The van der Waals surface area contributed by atoms with E-state index >= 15 is 0 Å². The Hall–Kier alpha value is -3.09. The highest BCUT2D eigenvalue weighted by atomic mass is 15.3. The molecule has 0 bridgehead atoms. The van der Waals surface area contributed by atoms with Crippen molar-refractivity contribution in [3.63, 3.8) is 0 Å². The summed E-state index contributed by atoms with van der Waals surface area (Å²) in [5, 5.41) is 0. The van der Waals surface area contributed by atoms with Gasteiger partial charge in [-0.1, -0.05) is 6.07 Å². The zero-order valence-electron chi connectivity index (χ0n) is 18.3. The number of hydrogen-bond donors (Lipinski definition) is 0. The second-order valence-corrected chi connectivity index (χ2v) is 8.64. The summed E-state index contributed by atoms with van der Waals surface area (Å²) in [6.07, 6.45) is 10.3. The van der Waals surface area contributed by atoms with Gasteiger partial charge >= 0.3 is 0 Å². The van der Waals surface area contributed by atoms with Gasteiger partial charge in [0.25, 0.3) is 0 Å². The average molecular weight is 416 g/mol. The van der Waals surface area contributed by atoms with Crippen LogP contribution in [0.1, 0.15) is 48.7 Å². The number of rotatable bonds is 4. The molecule has 31 heavy (non-hydrogen) atoms. The van der Waals surface area contributed by atoms with Crippen LogP contribution in [0.15, 0.2) is 36.8 Å². The van der Waals surface area contributed by atoms with E-state index in [0.29, 0.717) is 5.92 Å². The number of pyridine rings is 1. The Balaban J connectivity index is 1.51. The molecule has 0 radical (unpaired) electrons. The van der Waals surface area contributed by atoms with Crippen molar-refractivity contribution in [3.05, 3.63) is 53.9 Å². The molecule has 2 aliphatic rings. The fraction of sp³-hybridized carbons (Fsp3) is 0.458. The maximum atomic E-state index is 5.14. The number of piperidine rings is 1. The first kappa shape index (κ1) is 19.8. The average Bonchev–Trinajstić information content (AvgIpc) is 3.34. The van der Waals surface area contributed by atoms with Crippen molar-refractivity contribution in [3.8, 4) is 11.1 Å². The number of aryl methyl sites for hydroxylation is 2. The molecule has 2 fully saturated rings. The molecule has 3 aromatic heterocycles. The maximum absolute atomic E-state index is 5.14. The normalized spacial score (nSPS) is 19.1. The van der Waals surface area contributed by atoms with E-state index in [0.717, 1.165) is 79.1 Å². The lowest BCUT2D eigenvalue weighted by Crippen LogP contribution is -2.36. The number of aromatic nitrogens is 5. The monoisotopic (exact) mass is 415 g/mol. The van der Waals surface area contributed by atoms with Crippen LogP contribution in [0.5, 0.6) is 0 Å². The van der Waals surface area contributed by atoms with Gasteiger partial charge in [-0.25, -0.2) is 19.9 Å². The van der Waals surface area contributed by atoms with Crippen LogP contribution < -0.4 is 9.80 Å². The van der Waals surface area contributed by atoms with E-state index in [1.165, 1.54) is 12.8 Å². The maximum Gasteiger partial charge on any atom is 0.225 e. The Bertz CT molecular complexity index is 1030. The summed E-state index contributed by atoms with van der Waals surface area (Å²) in [6, 6.07) is 6.10. The van der Waals surface area contributed by atoms with Crippen molar-refractivity contribution in [2.45, 2.75) is 45.4 Å². The zero-order valence-corrected chi connectivity index (χ0v) is 18.3. The molecule has 2 aliphatic heterocycles. The molecule has 1 atom stereocenters.